The largest absolute Gasteiger partial charge is 0.465 e. The number of allylic oxidation sites excluding steroid dienone is 4. The summed E-state index contributed by atoms with van der Waals surface area (Å²) in [6, 6.07) is 0. The van der Waals surface area contributed by atoms with E-state index in [1.807, 2.05) is 6.92 Å². The van der Waals surface area contributed by atoms with Gasteiger partial charge in [-0.2, -0.15) is 0 Å². The lowest BCUT2D eigenvalue weighted by atomic mass is 10.2. The molecule has 1 unspecified atom stereocenters. The highest BCUT2D eigenvalue weighted by atomic mass is 16.7. The van der Waals surface area contributed by atoms with Gasteiger partial charge in [0, 0.05) is 32.2 Å². The molecule has 0 heterocycles. The molecule has 0 rings (SSSR count). The first kappa shape index (κ1) is 29.8. The normalized spacial score (nSPS) is 12.9. The van der Waals surface area contributed by atoms with Gasteiger partial charge in [0.25, 0.3) is 0 Å². The van der Waals surface area contributed by atoms with Crippen molar-refractivity contribution in [3.05, 3.63) is 24.3 Å². The van der Waals surface area contributed by atoms with Gasteiger partial charge in [0.1, 0.15) is 0 Å². The molecule has 0 radical (unpaired) electrons. The molecular formula is C26H48O5. The molecule has 5 nitrogen and oxygen atoms in total. The minimum atomic E-state index is -0.195. The molecule has 0 aliphatic rings. The summed E-state index contributed by atoms with van der Waals surface area (Å²) in [6.07, 6.45) is 20.2. The Labute approximate surface area is 191 Å². The lowest BCUT2D eigenvalue weighted by Gasteiger charge is -2.19. The minimum absolute atomic E-state index is 0.00921. The molecule has 0 amide bonds. The van der Waals surface area contributed by atoms with Crippen LogP contribution in [0.3, 0.4) is 0 Å². The van der Waals surface area contributed by atoms with Crippen molar-refractivity contribution in [1.29, 1.82) is 0 Å². The number of aliphatic hydroxyl groups excluding tert-OH is 1. The predicted molar refractivity (Wildman–Crippen MR) is 128 cm³/mol. The third-order valence-corrected chi connectivity index (χ3v) is 4.85. The summed E-state index contributed by atoms with van der Waals surface area (Å²) >= 11 is 0. The summed E-state index contributed by atoms with van der Waals surface area (Å²) in [6.45, 7) is 7.90. The number of carbonyl (C=O) groups excluding carboxylic acids is 1. The van der Waals surface area contributed by atoms with Crippen LogP contribution in [0.15, 0.2) is 24.3 Å². The van der Waals surface area contributed by atoms with Crippen LogP contribution < -0.4 is 0 Å². The SMILES string of the molecule is CC/C=C\CCCCOC(CCCCC(=O)OCC(C)CO)OCCCC/C=C\CC. The van der Waals surface area contributed by atoms with Crippen LogP contribution in [0.2, 0.25) is 0 Å². The second-order valence-corrected chi connectivity index (χ2v) is 8.14. The zero-order valence-corrected chi connectivity index (χ0v) is 20.4. The van der Waals surface area contributed by atoms with Crippen LogP contribution in [0.5, 0.6) is 0 Å². The van der Waals surface area contributed by atoms with Crippen LogP contribution in [-0.2, 0) is 19.0 Å². The molecule has 0 aromatic carbocycles. The maximum Gasteiger partial charge on any atom is 0.305 e. The van der Waals surface area contributed by atoms with Crippen molar-refractivity contribution < 1.29 is 24.1 Å². The van der Waals surface area contributed by atoms with Gasteiger partial charge in [-0.05, 0) is 70.6 Å². The molecule has 0 aromatic rings. The first-order chi connectivity index (χ1) is 15.1. The number of hydrogen-bond acceptors (Lipinski definition) is 5. The Balaban J connectivity index is 4.07. The monoisotopic (exact) mass is 440 g/mol. The second-order valence-electron chi connectivity index (χ2n) is 8.14. The van der Waals surface area contributed by atoms with E-state index in [1.165, 1.54) is 0 Å². The van der Waals surface area contributed by atoms with Crippen LogP contribution >= 0.6 is 0 Å². The van der Waals surface area contributed by atoms with E-state index < -0.39 is 0 Å². The van der Waals surface area contributed by atoms with Crippen molar-refractivity contribution >= 4 is 5.97 Å². The van der Waals surface area contributed by atoms with Crippen molar-refractivity contribution in [2.45, 2.75) is 104 Å². The van der Waals surface area contributed by atoms with E-state index in [0.717, 1.165) is 70.6 Å². The highest BCUT2D eigenvalue weighted by molar-refractivity contribution is 5.69. The van der Waals surface area contributed by atoms with Gasteiger partial charge >= 0.3 is 5.97 Å². The summed E-state index contributed by atoms with van der Waals surface area (Å²) in [7, 11) is 0. The Hall–Kier alpha value is -1.17. The standard InChI is InChI=1S/C26H48O5/c1-4-6-8-10-12-16-20-29-26(30-21-17-13-11-9-7-5-2)19-15-14-18-25(28)31-23-24(3)22-27/h6-9,24,26-27H,4-5,10-23H2,1-3H3/b8-6-,9-7-. The molecule has 0 bridgehead atoms. The molecule has 1 atom stereocenters. The lowest BCUT2D eigenvalue weighted by Crippen LogP contribution is -2.19. The van der Waals surface area contributed by atoms with E-state index in [1.54, 1.807) is 0 Å². The number of unbranched alkanes of at least 4 members (excludes halogenated alkanes) is 5. The fourth-order valence-electron chi connectivity index (χ4n) is 2.88. The van der Waals surface area contributed by atoms with Crippen LogP contribution in [0.4, 0.5) is 0 Å². The van der Waals surface area contributed by atoms with E-state index in [0.29, 0.717) is 19.6 Å². The van der Waals surface area contributed by atoms with Gasteiger partial charge in [-0.25, -0.2) is 0 Å². The van der Waals surface area contributed by atoms with Gasteiger partial charge in [0.15, 0.2) is 6.29 Å². The summed E-state index contributed by atoms with van der Waals surface area (Å²) < 4.78 is 17.1. The molecular weight excluding hydrogens is 392 g/mol. The van der Waals surface area contributed by atoms with Crippen LogP contribution in [0, 0.1) is 5.92 Å². The third kappa shape index (κ3) is 21.8. The Morgan fingerprint density at radius 3 is 1.94 bits per heavy atom. The molecule has 0 fully saturated rings. The summed E-state index contributed by atoms with van der Waals surface area (Å²) in [5.74, 6) is -0.205. The number of carbonyl (C=O) groups is 1. The Morgan fingerprint density at radius 2 is 1.42 bits per heavy atom. The van der Waals surface area contributed by atoms with E-state index in [4.69, 9.17) is 19.3 Å². The van der Waals surface area contributed by atoms with Gasteiger partial charge in [0.05, 0.1) is 6.61 Å². The fourth-order valence-corrected chi connectivity index (χ4v) is 2.88. The van der Waals surface area contributed by atoms with Crippen LogP contribution in [0.25, 0.3) is 0 Å². The van der Waals surface area contributed by atoms with Crippen LogP contribution in [-0.4, -0.2) is 43.8 Å². The van der Waals surface area contributed by atoms with E-state index in [2.05, 4.69) is 38.2 Å². The zero-order valence-electron chi connectivity index (χ0n) is 20.4. The fraction of sp³-hybridized carbons (Fsp3) is 0.808. The van der Waals surface area contributed by atoms with Crippen molar-refractivity contribution in [3.8, 4) is 0 Å². The second kappa shape index (κ2) is 23.5. The Kier molecular flexibility index (Phi) is 22.6. The van der Waals surface area contributed by atoms with Crippen molar-refractivity contribution in [1.82, 2.24) is 0 Å². The van der Waals surface area contributed by atoms with Gasteiger partial charge < -0.3 is 19.3 Å². The van der Waals surface area contributed by atoms with Crippen molar-refractivity contribution in [2.75, 3.05) is 26.4 Å². The quantitative estimate of drug-likeness (QED) is 0.0919. The van der Waals surface area contributed by atoms with Crippen molar-refractivity contribution in [2.24, 2.45) is 5.92 Å². The highest BCUT2D eigenvalue weighted by Gasteiger charge is 2.11. The maximum absolute atomic E-state index is 11.8. The third-order valence-electron chi connectivity index (χ3n) is 4.85. The number of hydrogen-bond donors (Lipinski definition) is 1. The number of aliphatic hydroxyl groups is 1. The molecule has 0 spiro atoms. The van der Waals surface area contributed by atoms with E-state index in [9.17, 15) is 4.79 Å². The first-order valence-electron chi connectivity index (χ1n) is 12.4. The number of ether oxygens (including phenoxy) is 3. The number of esters is 1. The van der Waals surface area contributed by atoms with E-state index in [-0.39, 0.29) is 31.4 Å². The summed E-state index contributed by atoms with van der Waals surface area (Å²) in [4.78, 5) is 11.8. The topological polar surface area (TPSA) is 65.0 Å². The Morgan fingerprint density at radius 1 is 0.839 bits per heavy atom. The Bertz CT molecular complexity index is 423. The minimum Gasteiger partial charge on any atom is -0.465 e. The molecule has 0 aliphatic carbocycles. The van der Waals surface area contributed by atoms with Gasteiger partial charge in [0.2, 0.25) is 0 Å². The van der Waals surface area contributed by atoms with E-state index >= 15 is 0 Å². The lowest BCUT2D eigenvalue weighted by molar-refractivity contribution is -0.150. The highest BCUT2D eigenvalue weighted by Crippen LogP contribution is 2.12. The molecule has 182 valence electrons. The number of rotatable bonds is 22. The van der Waals surface area contributed by atoms with Crippen molar-refractivity contribution in [3.63, 3.8) is 0 Å². The molecule has 0 aliphatic heterocycles. The van der Waals surface area contributed by atoms with Gasteiger partial charge in [-0.3, -0.25) is 4.79 Å². The molecule has 1 N–H and O–H groups in total. The maximum atomic E-state index is 11.8. The molecule has 0 saturated heterocycles. The van der Waals surface area contributed by atoms with Gasteiger partial charge in [-0.1, -0.05) is 45.1 Å². The predicted octanol–water partition coefficient (Wildman–Crippen LogP) is 6.35. The molecule has 5 heteroatoms. The smallest absolute Gasteiger partial charge is 0.305 e. The molecule has 31 heavy (non-hydrogen) atoms. The zero-order chi connectivity index (χ0) is 23.0. The summed E-state index contributed by atoms with van der Waals surface area (Å²) in [5, 5.41) is 8.98. The van der Waals surface area contributed by atoms with Gasteiger partial charge in [-0.15, -0.1) is 0 Å². The van der Waals surface area contributed by atoms with Crippen LogP contribution in [0.1, 0.15) is 97.8 Å². The molecule has 0 saturated carbocycles. The first-order valence-corrected chi connectivity index (χ1v) is 12.4. The average molecular weight is 441 g/mol. The average Bonchev–Trinajstić information content (AvgIpc) is 2.78. The summed E-state index contributed by atoms with van der Waals surface area (Å²) in [5.41, 5.74) is 0. The molecule has 0 aromatic heterocycles.